The van der Waals surface area contributed by atoms with E-state index in [2.05, 4.69) is 20.1 Å². The molecule has 0 spiro atoms. The maximum atomic E-state index is 13.4. The molecule has 1 saturated carbocycles. The maximum Gasteiger partial charge on any atom is 0.231 e. The van der Waals surface area contributed by atoms with Crippen molar-refractivity contribution in [3.8, 4) is 5.69 Å². The fraction of sp³-hybridized carbons (Fsp3) is 0.208. The van der Waals surface area contributed by atoms with Crippen LogP contribution >= 0.6 is 23.1 Å². The number of halogens is 1. The number of benzene rings is 2. The zero-order valence-electron chi connectivity index (χ0n) is 17.1. The molecule has 1 aliphatic rings. The Morgan fingerprint density at radius 3 is 2.56 bits per heavy atom. The van der Waals surface area contributed by atoms with Crippen LogP contribution < -0.4 is 5.32 Å². The molecule has 2 heterocycles. The summed E-state index contributed by atoms with van der Waals surface area (Å²) in [5.74, 6) is 1.19. The van der Waals surface area contributed by atoms with E-state index in [0.717, 1.165) is 34.8 Å². The summed E-state index contributed by atoms with van der Waals surface area (Å²) in [6, 6.07) is 19.9. The van der Waals surface area contributed by atoms with Crippen molar-refractivity contribution in [2.75, 3.05) is 5.75 Å². The number of para-hydroxylation sites is 1. The Morgan fingerprint density at radius 2 is 1.88 bits per heavy atom. The lowest BCUT2D eigenvalue weighted by atomic mass is 10.1. The van der Waals surface area contributed by atoms with E-state index in [1.165, 1.54) is 23.9 Å². The minimum absolute atomic E-state index is 0.117. The molecule has 0 saturated heterocycles. The highest BCUT2D eigenvalue weighted by atomic mass is 32.2. The van der Waals surface area contributed by atoms with Gasteiger partial charge in [-0.15, -0.1) is 21.5 Å². The van der Waals surface area contributed by atoms with Gasteiger partial charge in [-0.05, 0) is 54.1 Å². The number of hydrogen-bond donors (Lipinski definition) is 1. The van der Waals surface area contributed by atoms with Gasteiger partial charge in [0.25, 0.3) is 0 Å². The van der Waals surface area contributed by atoms with E-state index in [-0.39, 0.29) is 23.5 Å². The van der Waals surface area contributed by atoms with Gasteiger partial charge in [-0.25, -0.2) is 4.39 Å². The van der Waals surface area contributed by atoms with Gasteiger partial charge in [0.2, 0.25) is 5.91 Å². The average Bonchev–Trinajstić information content (AvgIpc) is 3.34. The first-order chi connectivity index (χ1) is 15.7. The molecule has 2 aromatic carbocycles. The molecule has 1 atom stereocenters. The summed E-state index contributed by atoms with van der Waals surface area (Å²) >= 11 is 2.93. The molecule has 32 heavy (non-hydrogen) atoms. The summed E-state index contributed by atoms with van der Waals surface area (Å²) < 4.78 is 15.5. The lowest BCUT2D eigenvalue weighted by Gasteiger charge is -2.18. The second-order valence-electron chi connectivity index (χ2n) is 7.64. The van der Waals surface area contributed by atoms with Crippen LogP contribution in [-0.2, 0) is 4.79 Å². The Balaban J connectivity index is 1.33. The van der Waals surface area contributed by atoms with Crippen LogP contribution in [0.25, 0.3) is 5.69 Å². The summed E-state index contributed by atoms with van der Waals surface area (Å²) in [4.78, 5) is 13.9. The number of rotatable bonds is 8. The van der Waals surface area contributed by atoms with Crippen molar-refractivity contribution in [1.29, 1.82) is 0 Å². The zero-order valence-corrected chi connectivity index (χ0v) is 18.8. The van der Waals surface area contributed by atoms with Gasteiger partial charge >= 0.3 is 0 Å². The monoisotopic (exact) mass is 464 g/mol. The van der Waals surface area contributed by atoms with Gasteiger partial charge in [-0.2, -0.15) is 0 Å². The maximum absolute atomic E-state index is 13.4. The second kappa shape index (κ2) is 9.26. The molecule has 0 bridgehead atoms. The highest BCUT2D eigenvalue weighted by Crippen LogP contribution is 2.41. The molecule has 5 rings (SSSR count). The quantitative estimate of drug-likeness (QED) is 0.358. The second-order valence-corrected chi connectivity index (χ2v) is 9.56. The Morgan fingerprint density at radius 1 is 1.09 bits per heavy atom. The van der Waals surface area contributed by atoms with Crippen molar-refractivity contribution in [2.45, 2.75) is 30.0 Å². The summed E-state index contributed by atoms with van der Waals surface area (Å²) in [5.41, 5.74) is 1.85. The number of aromatic nitrogens is 3. The number of thioether (sulfide) groups is 1. The van der Waals surface area contributed by atoms with Crippen LogP contribution in [0.5, 0.6) is 0 Å². The van der Waals surface area contributed by atoms with Crippen molar-refractivity contribution in [3.05, 3.63) is 94.2 Å². The predicted octanol–water partition coefficient (Wildman–Crippen LogP) is 5.34. The Labute approximate surface area is 193 Å². The topological polar surface area (TPSA) is 59.8 Å². The third kappa shape index (κ3) is 4.61. The molecule has 4 aromatic rings. The molecule has 2 aromatic heterocycles. The van der Waals surface area contributed by atoms with Crippen molar-refractivity contribution >= 4 is 29.0 Å². The largest absolute Gasteiger partial charge is 0.344 e. The van der Waals surface area contributed by atoms with Crippen LogP contribution in [0.4, 0.5) is 4.39 Å². The normalized spacial score (nSPS) is 14.3. The first-order valence-electron chi connectivity index (χ1n) is 10.4. The highest BCUT2D eigenvalue weighted by Gasteiger charge is 2.31. The summed E-state index contributed by atoms with van der Waals surface area (Å²) in [6.45, 7) is 0. The van der Waals surface area contributed by atoms with E-state index in [1.54, 1.807) is 23.5 Å². The van der Waals surface area contributed by atoms with E-state index in [1.807, 2.05) is 47.8 Å². The van der Waals surface area contributed by atoms with Crippen molar-refractivity contribution in [2.24, 2.45) is 0 Å². The number of nitrogens with zero attached hydrogens (tertiary/aromatic N) is 3. The highest BCUT2D eigenvalue weighted by molar-refractivity contribution is 7.99. The molecular formula is C24H21FN4OS2. The van der Waals surface area contributed by atoms with E-state index >= 15 is 0 Å². The van der Waals surface area contributed by atoms with Crippen LogP contribution in [0.2, 0.25) is 0 Å². The molecule has 1 aliphatic carbocycles. The van der Waals surface area contributed by atoms with Crippen molar-refractivity contribution < 1.29 is 9.18 Å². The number of carbonyl (C=O) groups excluding carboxylic acids is 1. The third-order valence-corrected chi connectivity index (χ3v) is 7.15. The number of thiophene rings is 1. The van der Waals surface area contributed by atoms with Gasteiger partial charge in [-0.3, -0.25) is 9.36 Å². The number of hydrogen-bond acceptors (Lipinski definition) is 5. The van der Waals surface area contributed by atoms with Crippen LogP contribution in [0.3, 0.4) is 0 Å². The first-order valence-corrected chi connectivity index (χ1v) is 12.3. The Kier molecular flexibility index (Phi) is 6.05. The SMILES string of the molecule is O=C(CSc1nnc(C2CC2)n1-c1ccccc1)NC(c1ccc(F)cc1)c1cccs1. The molecule has 1 unspecified atom stereocenters. The van der Waals surface area contributed by atoms with Crippen LogP contribution in [0.15, 0.2) is 77.3 Å². The Hall–Kier alpha value is -2.97. The van der Waals surface area contributed by atoms with Gasteiger partial charge in [0.15, 0.2) is 5.16 Å². The summed E-state index contributed by atoms with van der Waals surface area (Å²) in [5, 5.41) is 14.6. The molecule has 1 N–H and O–H groups in total. The molecule has 0 aliphatic heterocycles. The zero-order chi connectivity index (χ0) is 21.9. The van der Waals surface area contributed by atoms with Gasteiger partial charge in [-0.1, -0.05) is 48.2 Å². The van der Waals surface area contributed by atoms with E-state index in [9.17, 15) is 9.18 Å². The molecular weight excluding hydrogens is 443 g/mol. The summed E-state index contributed by atoms with van der Waals surface area (Å²) in [7, 11) is 0. The standard InChI is InChI=1S/C24H21FN4OS2/c25-18-12-10-16(11-13-18)22(20-7-4-14-31-20)26-21(30)15-32-24-28-27-23(17-8-9-17)29(24)19-5-2-1-3-6-19/h1-7,10-14,17,22H,8-9,15H2,(H,26,30). The van der Waals surface area contributed by atoms with Gasteiger partial charge in [0.1, 0.15) is 11.6 Å². The minimum Gasteiger partial charge on any atom is -0.344 e. The number of carbonyl (C=O) groups is 1. The number of nitrogens with one attached hydrogen (secondary N) is 1. The molecule has 1 fully saturated rings. The lowest BCUT2D eigenvalue weighted by Crippen LogP contribution is -2.30. The molecule has 1 amide bonds. The molecule has 8 heteroatoms. The van der Waals surface area contributed by atoms with E-state index in [0.29, 0.717) is 11.1 Å². The summed E-state index contributed by atoms with van der Waals surface area (Å²) in [6.07, 6.45) is 2.24. The third-order valence-electron chi connectivity index (χ3n) is 5.28. The van der Waals surface area contributed by atoms with Gasteiger partial charge in [0.05, 0.1) is 11.8 Å². The van der Waals surface area contributed by atoms with Crippen molar-refractivity contribution in [1.82, 2.24) is 20.1 Å². The molecule has 162 valence electrons. The number of amides is 1. The average molecular weight is 465 g/mol. The van der Waals surface area contributed by atoms with E-state index < -0.39 is 0 Å². The first kappa shape index (κ1) is 20.9. The Bertz CT molecular complexity index is 1190. The van der Waals surface area contributed by atoms with Gasteiger partial charge < -0.3 is 5.32 Å². The molecule has 0 radical (unpaired) electrons. The van der Waals surface area contributed by atoms with E-state index in [4.69, 9.17) is 0 Å². The van der Waals surface area contributed by atoms with Crippen LogP contribution in [0.1, 0.15) is 41.1 Å². The minimum atomic E-state index is -0.322. The fourth-order valence-electron chi connectivity index (χ4n) is 3.56. The predicted molar refractivity (Wildman–Crippen MR) is 125 cm³/mol. The van der Waals surface area contributed by atoms with Crippen LogP contribution in [-0.4, -0.2) is 26.4 Å². The van der Waals surface area contributed by atoms with Crippen LogP contribution in [0, 0.1) is 5.82 Å². The van der Waals surface area contributed by atoms with Crippen molar-refractivity contribution in [3.63, 3.8) is 0 Å². The van der Waals surface area contributed by atoms with Gasteiger partial charge in [0, 0.05) is 16.5 Å². The fourth-order valence-corrected chi connectivity index (χ4v) is 5.14. The molecule has 5 nitrogen and oxygen atoms in total. The lowest BCUT2D eigenvalue weighted by molar-refractivity contribution is -0.119. The smallest absolute Gasteiger partial charge is 0.231 e.